The average Bonchev–Trinajstić information content (AvgIpc) is 3.04. The van der Waals surface area contributed by atoms with Gasteiger partial charge in [0.2, 0.25) is 0 Å². The Balaban J connectivity index is 1.97. The fourth-order valence-corrected chi connectivity index (χ4v) is 2.16. The van der Waals surface area contributed by atoms with Gasteiger partial charge in [-0.25, -0.2) is 0 Å². The van der Waals surface area contributed by atoms with Gasteiger partial charge in [0.05, 0.1) is 11.5 Å². The summed E-state index contributed by atoms with van der Waals surface area (Å²) in [5, 5.41) is 21.3. The Hall–Kier alpha value is -0.590. The number of nitrogens with zero attached hydrogens (tertiary/aromatic N) is 1. The largest absolute Gasteiger partial charge is 0.396 e. The summed E-state index contributed by atoms with van der Waals surface area (Å²) in [6.45, 7) is 6.41. The van der Waals surface area contributed by atoms with Gasteiger partial charge in [0, 0.05) is 13.2 Å². The van der Waals surface area contributed by atoms with Crippen LogP contribution in [-0.4, -0.2) is 24.8 Å². The van der Waals surface area contributed by atoms with Crippen molar-refractivity contribution in [1.29, 1.82) is 5.26 Å². The van der Waals surface area contributed by atoms with Gasteiger partial charge < -0.3 is 10.4 Å². The molecule has 0 aromatic rings. The van der Waals surface area contributed by atoms with Crippen molar-refractivity contribution in [2.24, 2.45) is 10.8 Å². The van der Waals surface area contributed by atoms with Crippen LogP contribution in [-0.2, 0) is 0 Å². The van der Waals surface area contributed by atoms with Crippen LogP contribution in [0.4, 0.5) is 0 Å². The fourth-order valence-electron chi connectivity index (χ4n) is 2.16. The van der Waals surface area contributed by atoms with E-state index in [1.165, 1.54) is 12.8 Å². The Kier molecular flexibility index (Phi) is 5.42. The van der Waals surface area contributed by atoms with Crippen LogP contribution in [0, 0.1) is 22.2 Å². The number of nitrogens with one attached hydrogen (secondary N) is 1. The normalized spacial score (nSPS) is 17.8. The highest BCUT2D eigenvalue weighted by Gasteiger charge is 2.41. The van der Waals surface area contributed by atoms with Gasteiger partial charge in [0.1, 0.15) is 0 Å². The van der Waals surface area contributed by atoms with Crippen molar-refractivity contribution >= 4 is 0 Å². The van der Waals surface area contributed by atoms with Gasteiger partial charge in [0.15, 0.2) is 0 Å². The predicted molar refractivity (Wildman–Crippen MR) is 69.5 cm³/mol. The topological polar surface area (TPSA) is 56.0 Å². The van der Waals surface area contributed by atoms with Crippen molar-refractivity contribution in [1.82, 2.24) is 5.32 Å². The van der Waals surface area contributed by atoms with E-state index in [-0.39, 0.29) is 5.41 Å². The summed E-state index contributed by atoms with van der Waals surface area (Å²) >= 11 is 0. The highest BCUT2D eigenvalue weighted by Crippen LogP contribution is 2.47. The maximum absolute atomic E-state index is 8.94. The van der Waals surface area contributed by atoms with Crippen LogP contribution in [0.3, 0.4) is 0 Å². The quantitative estimate of drug-likeness (QED) is 0.607. The molecule has 1 saturated carbocycles. The highest BCUT2D eigenvalue weighted by atomic mass is 16.3. The third kappa shape index (κ3) is 5.52. The molecule has 1 aliphatic rings. The maximum atomic E-state index is 8.94. The minimum absolute atomic E-state index is 0.172. The second kappa shape index (κ2) is 6.37. The molecule has 0 bridgehead atoms. The van der Waals surface area contributed by atoms with Gasteiger partial charge >= 0.3 is 0 Å². The zero-order chi connectivity index (χ0) is 12.8. The molecule has 3 nitrogen and oxygen atoms in total. The van der Waals surface area contributed by atoms with Crippen molar-refractivity contribution in [3.05, 3.63) is 0 Å². The molecule has 1 fully saturated rings. The van der Waals surface area contributed by atoms with Crippen LogP contribution in [0.1, 0.15) is 52.4 Å². The van der Waals surface area contributed by atoms with Gasteiger partial charge in [-0.2, -0.15) is 5.26 Å². The summed E-state index contributed by atoms with van der Waals surface area (Å²) in [4.78, 5) is 0. The van der Waals surface area contributed by atoms with Gasteiger partial charge in [-0.1, -0.05) is 6.42 Å². The molecule has 3 heteroatoms. The zero-order valence-corrected chi connectivity index (χ0v) is 11.3. The number of rotatable bonds is 9. The average molecular weight is 238 g/mol. The van der Waals surface area contributed by atoms with E-state index in [1.54, 1.807) is 0 Å². The minimum Gasteiger partial charge on any atom is -0.396 e. The molecule has 2 N–H and O–H groups in total. The molecule has 17 heavy (non-hydrogen) atoms. The lowest BCUT2D eigenvalue weighted by Crippen LogP contribution is -2.25. The van der Waals surface area contributed by atoms with Crippen molar-refractivity contribution < 1.29 is 5.11 Å². The molecular weight excluding hydrogens is 212 g/mol. The van der Waals surface area contributed by atoms with E-state index in [2.05, 4.69) is 11.4 Å². The lowest BCUT2D eigenvalue weighted by Gasteiger charge is -2.16. The third-order valence-electron chi connectivity index (χ3n) is 3.81. The van der Waals surface area contributed by atoms with Crippen molar-refractivity contribution in [2.45, 2.75) is 52.4 Å². The van der Waals surface area contributed by atoms with Crippen molar-refractivity contribution in [3.63, 3.8) is 0 Å². The van der Waals surface area contributed by atoms with E-state index in [1.807, 2.05) is 13.8 Å². The first-order valence-corrected chi connectivity index (χ1v) is 6.76. The third-order valence-corrected chi connectivity index (χ3v) is 3.81. The predicted octanol–water partition coefficient (Wildman–Crippen LogP) is 2.46. The summed E-state index contributed by atoms with van der Waals surface area (Å²) in [5.41, 5.74) is 0.245. The van der Waals surface area contributed by atoms with Gasteiger partial charge in [0.25, 0.3) is 0 Å². The van der Waals surface area contributed by atoms with E-state index < -0.39 is 0 Å². The summed E-state index contributed by atoms with van der Waals surface area (Å²) in [6, 6.07) is 2.34. The van der Waals surface area contributed by atoms with Gasteiger partial charge in [-0.15, -0.1) is 0 Å². The Morgan fingerprint density at radius 2 is 2.06 bits per heavy atom. The standard InChI is InChI=1S/C14H26N2O/c1-13(2,11-15)5-3-4-9-16-12-14(6-7-14)8-10-17/h16-17H,3-10,12H2,1-2H3. The molecule has 1 aliphatic carbocycles. The molecule has 0 saturated heterocycles. The first-order valence-electron chi connectivity index (χ1n) is 6.76. The lowest BCUT2D eigenvalue weighted by molar-refractivity contribution is 0.245. The zero-order valence-electron chi connectivity index (χ0n) is 11.3. The number of unbranched alkanes of at least 4 members (excludes halogenated alkanes) is 1. The number of aliphatic hydroxyl groups excluding tert-OH is 1. The number of hydrogen-bond acceptors (Lipinski definition) is 3. The molecule has 1 rings (SSSR count). The van der Waals surface area contributed by atoms with Crippen LogP contribution in [0.5, 0.6) is 0 Å². The molecule has 0 atom stereocenters. The fraction of sp³-hybridized carbons (Fsp3) is 0.929. The Morgan fingerprint density at radius 3 is 2.59 bits per heavy atom. The smallest absolute Gasteiger partial charge is 0.0683 e. The molecule has 0 spiro atoms. The van der Waals surface area contributed by atoms with Crippen molar-refractivity contribution in [2.75, 3.05) is 19.7 Å². The number of hydrogen-bond donors (Lipinski definition) is 2. The summed E-state index contributed by atoms with van der Waals surface area (Å²) in [5.74, 6) is 0. The van der Waals surface area contributed by atoms with Gasteiger partial charge in [-0.05, 0) is 57.9 Å². The molecule has 0 radical (unpaired) electrons. The Labute approximate surface area is 105 Å². The second-order valence-electron chi connectivity index (χ2n) is 6.10. The highest BCUT2D eigenvalue weighted by molar-refractivity contribution is 4.94. The van der Waals surface area contributed by atoms with Crippen LogP contribution >= 0.6 is 0 Å². The first-order chi connectivity index (χ1) is 8.04. The molecule has 0 aromatic carbocycles. The molecule has 0 heterocycles. The number of nitriles is 1. The van der Waals surface area contributed by atoms with Crippen LogP contribution in [0.25, 0.3) is 0 Å². The van der Waals surface area contributed by atoms with Gasteiger partial charge in [-0.3, -0.25) is 0 Å². The summed E-state index contributed by atoms with van der Waals surface area (Å²) in [7, 11) is 0. The van der Waals surface area contributed by atoms with E-state index in [0.29, 0.717) is 12.0 Å². The second-order valence-corrected chi connectivity index (χ2v) is 6.10. The lowest BCUT2D eigenvalue weighted by atomic mass is 9.89. The molecule has 0 aliphatic heterocycles. The number of aliphatic hydroxyl groups is 1. The molecule has 98 valence electrons. The summed E-state index contributed by atoms with van der Waals surface area (Å²) < 4.78 is 0. The van der Waals surface area contributed by atoms with Crippen LogP contribution in [0.15, 0.2) is 0 Å². The SMILES string of the molecule is CC(C)(C#N)CCCCNCC1(CCO)CC1. The molecular formula is C14H26N2O. The Bertz CT molecular complexity index is 264. The first kappa shape index (κ1) is 14.5. The maximum Gasteiger partial charge on any atom is 0.0683 e. The molecule has 0 unspecified atom stereocenters. The van der Waals surface area contributed by atoms with E-state index in [9.17, 15) is 0 Å². The molecule has 0 aromatic heterocycles. The van der Waals surface area contributed by atoms with E-state index in [4.69, 9.17) is 10.4 Å². The van der Waals surface area contributed by atoms with E-state index in [0.717, 1.165) is 38.8 Å². The van der Waals surface area contributed by atoms with Crippen molar-refractivity contribution in [3.8, 4) is 6.07 Å². The minimum atomic E-state index is -0.172. The van der Waals surface area contributed by atoms with Crippen LogP contribution < -0.4 is 5.32 Å². The monoisotopic (exact) mass is 238 g/mol. The van der Waals surface area contributed by atoms with E-state index >= 15 is 0 Å². The molecule has 0 amide bonds. The summed E-state index contributed by atoms with van der Waals surface area (Å²) in [6.07, 6.45) is 6.71. The van der Waals surface area contributed by atoms with Crippen LogP contribution in [0.2, 0.25) is 0 Å². The Morgan fingerprint density at radius 1 is 1.35 bits per heavy atom.